The van der Waals surface area contributed by atoms with E-state index in [-0.39, 0.29) is 5.91 Å². The lowest BCUT2D eigenvalue weighted by Crippen LogP contribution is -2.45. The zero-order valence-corrected chi connectivity index (χ0v) is 10.8. The van der Waals surface area contributed by atoms with E-state index in [0.717, 1.165) is 19.5 Å². The number of hydrogen-bond donors (Lipinski definition) is 1. The third-order valence-electron chi connectivity index (χ3n) is 3.79. The fraction of sp³-hybridized carbons (Fsp3) is 0.750. The van der Waals surface area contributed by atoms with Gasteiger partial charge in [-0.15, -0.1) is 0 Å². The second-order valence-electron chi connectivity index (χ2n) is 5.01. The molecule has 18 heavy (non-hydrogen) atoms. The molecular weight excluding hydrogens is 230 g/mol. The van der Waals surface area contributed by atoms with Crippen molar-refractivity contribution in [2.75, 3.05) is 19.6 Å². The van der Waals surface area contributed by atoms with Crippen molar-refractivity contribution in [1.29, 1.82) is 0 Å². The minimum atomic E-state index is 0.191. The fourth-order valence-corrected chi connectivity index (χ4v) is 2.40. The molecule has 1 amide bonds. The standard InChI is InChI=1S/C12H21N5O/c1-10-2-4-16(7-11(10)6-13)12(18)3-5-17-9-14-8-15-17/h8-11H,2-7,13H2,1H3. The smallest absolute Gasteiger partial charge is 0.224 e. The molecule has 1 aromatic heterocycles. The lowest BCUT2D eigenvalue weighted by atomic mass is 9.87. The number of carbonyl (C=O) groups excluding carboxylic acids is 1. The van der Waals surface area contributed by atoms with Gasteiger partial charge in [-0.2, -0.15) is 5.10 Å². The van der Waals surface area contributed by atoms with Crippen molar-refractivity contribution in [3.8, 4) is 0 Å². The molecule has 2 rings (SSSR count). The maximum atomic E-state index is 12.1. The first-order valence-electron chi connectivity index (χ1n) is 6.51. The van der Waals surface area contributed by atoms with E-state index in [9.17, 15) is 4.79 Å². The molecule has 6 nitrogen and oxygen atoms in total. The predicted octanol–water partition coefficient (Wildman–Crippen LogP) is 0.112. The van der Waals surface area contributed by atoms with Crippen LogP contribution >= 0.6 is 0 Å². The van der Waals surface area contributed by atoms with Gasteiger partial charge in [-0.25, -0.2) is 4.98 Å². The van der Waals surface area contributed by atoms with Gasteiger partial charge >= 0.3 is 0 Å². The Balaban J connectivity index is 1.82. The van der Waals surface area contributed by atoms with Crippen LogP contribution in [0.15, 0.2) is 12.7 Å². The molecule has 1 fully saturated rings. The largest absolute Gasteiger partial charge is 0.342 e. The number of piperidine rings is 1. The van der Waals surface area contributed by atoms with Crippen LogP contribution in [-0.2, 0) is 11.3 Å². The lowest BCUT2D eigenvalue weighted by molar-refractivity contribution is -0.133. The Morgan fingerprint density at radius 3 is 3.06 bits per heavy atom. The number of rotatable bonds is 4. The van der Waals surface area contributed by atoms with Gasteiger partial charge in [-0.3, -0.25) is 9.48 Å². The van der Waals surface area contributed by atoms with Gasteiger partial charge in [-0.1, -0.05) is 6.92 Å². The van der Waals surface area contributed by atoms with E-state index >= 15 is 0 Å². The van der Waals surface area contributed by atoms with Crippen molar-refractivity contribution in [3.05, 3.63) is 12.7 Å². The summed E-state index contributed by atoms with van der Waals surface area (Å²) in [6.07, 6.45) is 4.65. The third-order valence-corrected chi connectivity index (χ3v) is 3.79. The highest BCUT2D eigenvalue weighted by molar-refractivity contribution is 5.76. The molecule has 0 radical (unpaired) electrons. The van der Waals surface area contributed by atoms with Crippen molar-refractivity contribution >= 4 is 5.91 Å². The van der Waals surface area contributed by atoms with Gasteiger partial charge in [0.25, 0.3) is 0 Å². The van der Waals surface area contributed by atoms with Crippen LogP contribution in [0.25, 0.3) is 0 Å². The van der Waals surface area contributed by atoms with E-state index in [1.165, 1.54) is 6.33 Å². The second kappa shape index (κ2) is 5.95. The van der Waals surface area contributed by atoms with E-state index in [0.29, 0.717) is 31.3 Å². The Kier molecular flexibility index (Phi) is 4.30. The molecular formula is C12H21N5O. The number of aryl methyl sites for hydroxylation is 1. The summed E-state index contributed by atoms with van der Waals surface area (Å²) in [7, 11) is 0. The van der Waals surface area contributed by atoms with Crippen LogP contribution in [-0.4, -0.2) is 45.2 Å². The van der Waals surface area contributed by atoms with Crippen molar-refractivity contribution in [1.82, 2.24) is 19.7 Å². The van der Waals surface area contributed by atoms with E-state index in [1.54, 1.807) is 11.0 Å². The van der Waals surface area contributed by atoms with Gasteiger partial charge in [0.05, 0.1) is 6.54 Å². The molecule has 0 aliphatic carbocycles. The van der Waals surface area contributed by atoms with Crippen LogP contribution in [0, 0.1) is 11.8 Å². The van der Waals surface area contributed by atoms with Crippen LogP contribution in [0.5, 0.6) is 0 Å². The fourth-order valence-electron chi connectivity index (χ4n) is 2.40. The van der Waals surface area contributed by atoms with Crippen molar-refractivity contribution in [2.45, 2.75) is 26.3 Å². The first-order chi connectivity index (χ1) is 8.70. The molecule has 1 saturated heterocycles. The van der Waals surface area contributed by atoms with Gasteiger partial charge in [-0.05, 0) is 24.8 Å². The number of likely N-dealkylation sites (tertiary alicyclic amines) is 1. The van der Waals surface area contributed by atoms with Crippen molar-refractivity contribution in [2.24, 2.45) is 17.6 Å². The van der Waals surface area contributed by atoms with Gasteiger partial charge < -0.3 is 10.6 Å². The molecule has 2 N–H and O–H groups in total. The molecule has 2 unspecified atom stereocenters. The van der Waals surface area contributed by atoms with Crippen molar-refractivity contribution in [3.63, 3.8) is 0 Å². The summed E-state index contributed by atoms with van der Waals surface area (Å²) < 4.78 is 1.69. The van der Waals surface area contributed by atoms with Crippen LogP contribution in [0.3, 0.4) is 0 Å². The number of carbonyl (C=O) groups is 1. The summed E-state index contributed by atoms with van der Waals surface area (Å²) >= 11 is 0. The molecule has 2 heterocycles. The molecule has 6 heteroatoms. The number of amides is 1. The molecule has 1 aliphatic rings. The van der Waals surface area contributed by atoms with Crippen LogP contribution in [0.1, 0.15) is 19.8 Å². The normalized spacial score (nSPS) is 24.2. The Bertz CT molecular complexity index is 378. The highest BCUT2D eigenvalue weighted by Gasteiger charge is 2.27. The Hall–Kier alpha value is -1.43. The summed E-state index contributed by atoms with van der Waals surface area (Å²) in [5.41, 5.74) is 5.75. The van der Waals surface area contributed by atoms with Crippen LogP contribution in [0.2, 0.25) is 0 Å². The van der Waals surface area contributed by atoms with Crippen LogP contribution in [0.4, 0.5) is 0 Å². The zero-order chi connectivity index (χ0) is 13.0. The maximum absolute atomic E-state index is 12.1. The molecule has 0 bridgehead atoms. The minimum absolute atomic E-state index is 0.191. The maximum Gasteiger partial charge on any atom is 0.224 e. The van der Waals surface area contributed by atoms with Gasteiger partial charge in [0.1, 0.15) is 12.7 Å². The predicted molar refractivity (Wildman–Crippen MR) is 67.5 cm³/mol. The molecule has 0 saturated carbocycles. The summed E-state index contributed by atoms with van der Waals surface area (Å²) in [6, 6.07) is 0. The lowest BCUT2D eigenvalue weighted by Gasteiger charge is -2.36. The molecule has 2 atom stereocenters. The molecule has 0 spiro atoms. The van der Waals surface area contributed by atoms with E-state index in [2.05, 4.69) is 17.0 Å². The second-order valence-corrected chi connectivity index (χ2v) is 5.01. The number of hydrogen-bond acceptors (Lipinski definition) is 4. The topological polar surface area (TPSA) is 77.0 Å². The quantitative estimate of drug-likeness (QED) is 0.824. The Labute approximate surface area is 107 Å². The Morgan fingerprint density at radius 2 is 2.39 bits per heavy atom. The summed E-state index contributed by atoms with van der Waals surface area (Å²) in [6.45, 7) is 5.13. The average Bonchev–Trinajstić information content (AvgIpc) is 2.89. The molecule has 1 aliphatic heterocycles. The molecule has 0 aromatic carbocycles. The third kappa shape index (κ3) is 3.07. The Morgan fingerprint density at radius 1 is 1.56 bits per heavy atom. The average molecular weight is 251 g/mol. The van der Waals surface area contributed by atoms with E-state index in [1.807, 2.05) is 4.90 Å². The summed E-state index contributed by atoms with van der Waals surface area (Å²) in [5.74, 6) is 1.25. The number of nitrogens with two attached hydrogens (primary N) is 1. The van der Waals surface area contributed by atoms with Crippen LogP contribution < -0.4 is 5.73 Å². The zero-order valence-electron chi connectivity index (χ0n) is 10.8. The monoisotopic (exact) mass is 251 g/mol. The molecule has 1 aromatic rings. The summed E-state index contributed by atoms with van der Waals surface area (Å²) in [5, 5.41) is 3.99. The first kappa shape index (κ1) is 13.0. The van der Waals surface area contributed by atoms with Gasteiger partial charge in [0, 0.05) is 19.5 Å². The highest BCUT2D eigenvalue weighted by Crippen LogP contribution is 2.22. The first-order valence-corrected chi connectivity index (χ1v) is 6.51. The number of nitrogens with zero attached hydrogens (tertiary/aromatic N) is 4. The molecule has 100 valence electrons. The van der Waals surface area contributed by atoms with E-state index < -0.39 is 0 Å². The number of aromatic nitrogens is 3. The van der Waals surface area contributed by atoms with Gasteiger partial charge in [0.15, 0.2) is 0 Å². The van der Waals surface area contributed by atoms with E-state index in [4.69, 9.17) is 5.73 Å². The highest BCUT2D eigenvalue weighted by atomic mass is 16.2. The summed E-state index contributed by atoms with van der Waals surface area (Å²) in [4.78, 5) is 17.9. The van der Waals surface area contributed by atoms with Crippen molar-refractivity contribution < 1.29 is 4.79 Å². The minimum Gasteiger partial charge on any atom is -0.342 e. The van der Waals surface area contributed by atoms with Gasteiger partial charge in [0.2, 0.25) is 5.91 Å². The SMILES string of the molecule is CC1CCN(C(=O)CCn2cncn2)CC1CN.